The maximum atomic E-state index is 9.66. The minimum atomic E-state index is -0.165. The molecule has 3 N–H and O–H groups in total. The van der Waals surface area contributed by atoms with Crippen LogP contribution in [-0.4, -0.2) is 32.4 Å². The lowest BCUT2D eigenvalue weighted by molar-refractivity contribution is 0.126. The van der Waals surface area contributed by atoms with E-state index in [2.05, 4.69) is 25.8 Å². The van der Waals surface area contributed by atoms with Crippen LogP contribution in [0.5, 0.6) is 0 Å². The third-order valence-corrected chi connectivity index (χ3v) is 5.11. The van der Waals surface area contributed by atoms with Gasteiger partial charge in [0.05, 0.1) is 22.0 Å². The van der Waals surface area contributed by atoms with Gasteiger partial charge in [-0.25, -0.2) is 4.98 Å². The number of hydrogen-bond acceptors (Lipinski definition) is 8. The van der Waals surface area contributed by atoms with Gasteiger partial charge in [-0.05, 0) is 44.1 Å². The lowest BCUT2D eigenvalue weighted by Crippen LogP contribution is -2.28. The number of aromatic nitrogens is 3. The van der Waals surface area contributed by atoms with Crippen LogP contribution in [0.15, 0.2) is 22.0 Å². The summed E-state index contributed by atoms with van der Waals surface area (Å²) < 4.78 is 6.22. The Kier molecular flexibility index (Phi) is 4.07. The molecular weight excluding hydrogens is 326 g/mol. The van der Waals surface area contributed by atoms with E-state index in [-0.39, 0.29) is 6.10 Å². The largest absolute Gasteiger partial charge is 0.393 e. The Morgan fingerprint density at radius 2 is 2.08 bits per heavy atom. The normalized spacial score (nSPS) is 21.1. The van der Waals surface area contributed by atoms with Gasteiger partial charge in [0.25, 0.3) is 0 Å². The minimum Gasteiger partial charge on any atom is -0.393 e. The molecule has 0 saturated heterocycles. The summed E-state index contributed by atoms with van der Waals surface area (Å²) >= 11 is 1.62. The van der Waals surface area contributed by atoms with Crippen LogP contribution >= 0.6 is 11.3 Å². The van der Waals surface area contributed by atoms with Gasteiger partial charge in [0.15, 0.2) is 0 Å². The van der Waals surface area contributed by atoms with Crippen molar-refractivity contribution in [3.05, 3.63) is 23.2 Å². The molecule has 0 bridgehead atoms. The Bertz CT molecular complexity index is 838. The zero-order valence-electron chi connectivity index (χ0n) is 13.3. The second kappa shape index (κ2) is 6.37. The summed E-state index contributed by atoms with van der Waals surface area (Å²) in [6.45, 7) is 1.86. The lowest BCUT2D eigenvalue weighted by atomic mass is 9.93. The highest BCUT2D eigenvalue weighted by Crippen LogP contribution is 2.30. The molecule has 3 aromatic rings. The van der Waals surface area contributed by atoms with Crippen LogP contribution in [0.4, 0.5) is 17.7 Å². The SMILES string of the molecule is Cc1cc(Nc2nc(N[C@H]3CC[C@H](O)CC3)c3sccc3n2)on1. The van der Waals surface area contributed by atoms with E-state index in [0.29, 0.717) is 17.9 Å². The molecule has 0 aromatic carbocycles. The number of nitrogens with zero attached hydrogens (tertiary/aromatic N) is 3. The molecule has 126 valence electrons. The van der Waals surface area contributed by atoms with Crippen molar-refractivity contribution < 1.29 is 9.63 Å². The van der Waals surface area contributed by atoms with Gasteiger partial charge in [0.1, 0.15) is 5.82 Å². The molecule has 0 amide bonds. The topological polar surface area (TPSA) is 96.1 Å². The van der Waals surface area contributed by atoms with Gasteiger partial charge in [-0.3, -0.25) is 5.32 Å². The molecule has 3 aromatic heterocycles. The third kappa shape index (κ3) is 3.20. The van der Waals surface area contributed by atoms with Gasteiger partial charge in [-0.2, -0.15) is 4.98 Å². The summed E-state index contributed by atoms with van der Waals surface area (Å²) in [6, 6.07) is 4.11. The summed E-state index contributed by atoms with van der Waals surface area (Å²) in [6.07, 6.45) is 3.39. The van der Waals surface area contributed by atoms with Crippen molar-refractivity contribution in [2.75, 3.05) is 10.6 Å². The second-order valence-electron chi connectivity index (χ2n) is 6.14. The van der Waals surface area contributed by atoms with E-state index in [1.165, 1.54) is 0 Å². The molecule has 0 atom stereocenters. The summed E-state index contributed by atoms with van der Waals surface area (Å²) in [5.41, 5.74) is 1.69. The first-order valence-electron chi connectivity index (χ1n) is 8.07. The fraction of sp³-hybridized carbons (Fsp3) is 0.438. The minimum absolute atomic E-state index is 0.165. The van der Waals surface area contributed by atoms with E-state index < -0.39 is 0 Å². The molecule has 3 heterocycles. The number of aliphatic hydroxyl groups excluding tert-OH is 1. The van der Waals surface area contributed by atoms with Crippen molar-refractivity contribution in [2.24, 2.45) is 0 Å². The predicted molar refractivity (Wildman–Crippen MR) is 93.8 cm³/mol. The first-order valence-corrected chi connectivity index (χ1v) is 8.95. The fourth-order valence-electron chi connectivity index (χ4n) is 2.96. The van der Waals surface area contributed by atoms with Crippen LogP contribution in [0.1, 0.15) is 31.4 Å². The number of aliphatic hydroxyl groups is 1. The second-order valence-corrected chi connectivity index (χ2v) is 7.05. The molecule has 24 heavy (non-hydrogen) atoms. The van der Waals surface area contributed by atoms with Crippen molar-refractivity contribution in [3.8, 4) is 0 Å². The van der Waals surface area contributed by atoms with Crippen LogP contribution in [0, 0.1) is 6.92 Å². The fourth-order valence-corrected chi connectivity index (χ4v) is 3.75. The zero-order valence-corrected chi connectivity index (χ0v) is 14.1. The van der Waals surface area contributed by atoms with Gasteiger partial charge in [-0.1, -0.05) is 5.16 Å². The number of nitrogens with one attached hydrogen (secondary N) is 2. The highest BCUT2D eigenvalue weighted by molar-refractivity contribution is 7.17. The Balaban J connectivity index is 1.60. The van der Waals surface area contributed by atoms with E-state index in [1.807, 2.05) is 18.4 Å². The monoisotopic (exact) mass is 345 g/mol. The highest BCUT2D eigenvalue weighted by Gasteiger charge is 2.21. The van der Waals surface area contributed by atoms with Gasteiger partial charge >= 0.3 is 0 Å². The maximum absolute atomic E-state index is 9.66. The van der Waals surface area contributed by atoms with Gasteiger partial charge < -0.3 is 14.9 Å². The highest BCUT2D eigenvalue weighted by atomic mass is 32.1. The standard InChI is InChI=1S/C16H19N5O2S/c1-9-8-13(23-21-9)19-16-18-12-6-7-24-14(12)15(20-16)17-10-2-4-11(22)5-3-10/h6-8,10-11,22H,2-5H2,1H3,(H2,17,18,19,20)/t10-,11-. The Morgan fingerprint density at radius 3 is 2.83 bits per heavy atom. The maximum Gasteiger partial charge on any atom is 0.232 e. The van der Waals surface area contributed by atoms with Gasteiger partial charge in [0.2, 0.25) is 11.8 Å². The number of fused-ring (bicyclic) bond motifs is 1. The third-order valence-electron chi connectivity index (χ3n) is 4.20. The molecule has 1 saturated carbocycles. The number of rotatable bonds is 4. The number of hydrogen-bond donors (Lipinski definition) is 3. The first kappa shape index (κ1) is 15.3. The first-order chi connectivity index (χ1) is 11.7. The number of thiophene rings is 1. The molecule has 4 rings (SSSR count). The molecule has 1 aliphatic rings. The predicted octanol–water partition coefficient (Wildman–Crippen LogP) is 3.45. The van der Waals surface area contributed by atoms with E-state index in [9.17, 15) is 5.11 Å². The molecule has 1 aliphatic carbocycles. The quantitative estimate of drug-likeness (QED) is 0.666. The van der Waals surface area contributed by atoms with Crippen LogP contribution in [0.2, 0.25) is 0 Å². The lowest BCUT2D eigenvalue weighted by Gasteiger charge is -2.26. The van der Waals surface area contributed by atoms with Crippen molar-refractivity contribution in [2.45, 2.75) is 44.8 Å². The van der Waals surface area contributed by atoms with E-state index >= 15 is 0 Å². The smallest absolute Gasteiger partial charge is 0.232 e. The Labute approximate surface area is 143 Å². The summed E-state index contributed by atoms with van der Waals surface area (Å²) in [4.78, 5) is 9.14. The molecule has 0 spiro atoms. The number of aryl methyl sites for hydroxylation is 1. The average molecular weight is 345 g/mol. The Morgan fingerprint density at radius 1 is 1.25 bits per heavy atom. The molecular formula is C16H19N5O2S. The van der Waals surface area contributed by atoms with Crippen molar-refractivity contribution in [1.82, 2.24) is 15.1 Å². The zero-order chi connectivity index (χ0) is 16.5. The molecule has 8 heteroatoms. The van der Waals surface area contributed by atoms with Gasteiger partial charge in [0, 0.05) is 12.1 Å². The van der Waals surface area contributed by atoms with E-state index in [4.69, 9.17) is 4.52 Å². The Hall–Kier alpha value is -2.19. The number of anilines is 3. The molecule has 0 aliphatic heterocycles. The summed E-state index contributed by atoms with van der Waals surface area (Å²) in [5.74, 6) is 1.83. The van der Waals surface area contributed by atoms with E-state index in [1.54, 1.807) is 17.4 Å². The van der Waals surface area contributed by atoms with Crippen molar-refractivity contribution >= 4 is 39.2 Å². The van der Waals surface area contributed by atoms with Crippen LogP contribution in [0.25, 0.3) is 10.2 Å². The van der Waals surface area contributed by atoms with Crippen LogP contribution < -0.4 is 10.6 Å². The summed E-state index contributed by atoms with van der Waals surface area (Å²) in [7, 11) is 0. The van der Waals surface area contributed by atoms with Crippen molar-refractivity contribution in [1.29, 1.82) is 0 Å². The molecule has 0 unspecified atom stereocenters. The van der Waals surface area contributed by atoms with Crippen molar-refractivity contribution in [3.63, 3.8) is 0 Å². The van der Waals surface area contributed by atoms with Gasteiger partial charge in [-0.15, -0.1) is 11.3 Å². The van der Waals surface area contributed by atoms with E-state index in [0.717, 1.165) is 47.4 Å². The molecule has 7 nitrogen and oxygen atoms in total. The molecule has 1 fully saturated rings. The summed E-state index contributed by atoms with van der Waals surface area (Å²) in [5, 5.41) is 22.1. The van der Waals surface area contributed by atoms with Crippen LogP contribution in [-0.2, 0) is 0 Å². The average Bonchev–Trinajstić information content (AvgIpc) is 3.19. The molecule has 0 radical (unpaired) electrons. The van der Waals surface area contributed by atoms with Crippen LogP contribution in [0.3, 0.4) is 0 Å².